The third-order valence-electron chi connectivity index (χ3n) is 4.88. The zero-order chi connectivity index (χ0) is 16.5. The molecule has 5 nitrogen and oxygen atoms in total. The molecular formula is C19H23N3O2. The summed E-state index contributed by atoms with van der Waals surface area (Å²) in [5.74, 6) is 2.14. The minimum Gasteiger partial charge on any atom is -0.493 e. The molecule has 1 amide bonds. The number of nitrogens with one attached hydrogen (secondary N) is 1. The van der Waals surface area contributed by atoms with E-state index >= 15 is 0 Å². The first-order valence-corrected chi connectivity index (χ1v) is 8.67. The van der Waals surface area contributed by atoms with E-state index in [1.807, 2.05) is 43.7 Å². The zero-order valence-corrected chi connectivity index (χ0v) is 13.9. The SMILES string of the molecule is Cn1cc(C2CC2C(=O)NCc2ccccc2OCC2CC2)cn1. The number of amides is 1. The molecule has 2 aliphatic carbocycles. The summed E-state index contributed by atoms with van der Waals surface area (Å²) in [7, 11) is 1.90. The molecule has 1 heterocycles. The lowest BCUT2D eigenvalue weighted by Crippen LogP contribution is -2.25. The molecule has 2 aliphatic rings. The van der Waals surface area contributed by atoms with Gasteiger partial charge >= 0.3 is 0 Å². The van der Waals surface area contributed by atoms with E-state index in [1.54, 1.807) is 4.68 Å². The molecule has 0 saturated heterocycles. The van der Waals surface area contributed by atoms with Crippen LogP contribution >= 0.6 is 0 Å². The van der Waals surface area contributed by atoms with Crippen molar-refractivity contribution in [2.24, 2.45) is 18.9 Å². The van der Waals surface area contributed by atoms with E-state index in [1.165, 1.54) is 12.8 Å². The van der Waals surface area contributed by atoms with Crippen molar-refractivity contribution in [2.75, 3.05) is 6.61 Å². The van der Waals surface area contributed by atoms with Crippen molar-refractivity contribution in [1.29, 1.82) is 0 Å². The monoisotopic (exact) mass is 325 g/mol. The highest BCUT2D eigenvalue weighted by Gasteiger charge is 2.44. The van der Waals surface area contributed by atoms with Gasteiger partial charge in [-0.25, -0.2) is 0 Å². The molecule has 0 bridgehead atoms. The number of ether oxygens (including phenoxy) is 1. The number of hydrogen-bond donors (Lipinski definition) is 1. The molecule has 1 aromatic carbocycles. The van der Waals surface area contributed by atoms with Crippen molar-refractivity contribution in [3.63, 3.8) is 0 Å². The Bertz CT molecular complexity index is 736. The maximum Gasteiger partial charge on any atom is 0.224 e. The standard InChI is InChI=1S/C19H23N3O2/c1-22-11-15(10-21-22)16-8-17(16)19(23)20-9-14-4-2-3-5-18(14)24-12-13-6-7-13/h2-5,10-11,13,16-17H,6-9,12H2,1H3,(H,20,23). The zero-order valence-electron chi connectivity index (χ0n) is 13.9. The van der Waals surface area contributed by atoms with Crippen molar-refractivity contribution in [3.05, 3.63) is 47.8 Å². The molecule has 1 N–H and O–H groups in total. The van der Waals surface area contributed by atoms with Crippen LogP contribution in [0.4, 0.5) is 0 Å². The lowest BCUT2D eigenvalue weighted by atomic mass is 10.1. The maximum atomic E-state index is 12.4. The average molecular weight is 325 g/mol. The highest BCUT2D eigenvalue weighted by Crippen LogP contribution is 2.47. The summed E-state index contributed by atoms with van der Waals surface area (Å²) >= 11 is 0. The number of carbonyl (C=O) groups is 1. The number of aromatic nitrogens is 2. The fourth-order valence-corrected chi connectivity index (χ4v) is 3.08. The van der Waals surface area contributed by atoms with Gasteiger partial charge in [-0.2, -0.15) is 5.10 Å². The van der Waals surface area contributed by atoms with Gasteiger partial charge in [0, 0.05) is 31.3 Å². The number of para-hydroxylation sites is 1. The van der Waals surface area contributed by atoms with Crippen molar-refractivity contribution in [3.8, 4) is 5.75 Å². The molecule has 4 rings (SSSR count). The molecule has 2 atom stereocenters. The molecule has 0 spiro atoms. The molecule has 0 aliphatic heterocycles. The van der Waals surface area contributed by atoms with Crippen LogP contribution in [0.5, 0.6) is 5.75 Å². The summed E-state index contributed by atoms with van der Waals surface area (Å²) in [6.07, 6.45) is 7.32. The van der Waals surface area contributed by atoms with Crippen molar-refractivity contribution >= 4 is 5.91 Å². The van der Waals surface area contributed by atoms with Crippen molar-refractivity contribution < 1.29 is 9.53 Å². The largest absolute Gasteiger partial charge is 0.493 e. The molecule has 5 heteroatoms. The Morgan fingerprint density at radius 2 is 2.21 bits per heavy atom. The van der Waals surface area contributed by atoms with Gasteiger partial charge in [0.15, 0.2) is 0 Å². The van der Waals surface area contributed by atoms with Crippen LogP contribution in [-0.4, -0.2) is 22.3 Å². The number of carbonyl (C=O) groups excluding carboxylic acids is 1. The predicted molar refractivity (Wildman–Crippen MR) is 90.6 cm³/mol. The first-order chi connectivity index (χ1) is 11.7. The molecule has 1 aromatic heterocycles. The second-order valence-corrected chi connectivity index (χ2v) is 6.98. The van der Waals surface area contributed by atoms with Gasteiger partial charge in [0.1, 0.15) is 5.75 Å². The first kappa shape index (κ1) is 15.2. The summed E-state index contributed by atoms with van der Waals surface area (Å²) in [6.45, 7) is 1.31. The normalized spacial score (nSPS) is 22.2. The first-order valence-electron chi connectivity index (χ1n) is 8.67. The van der Waals surface area contributed by atoms with Crippen LogP contribution in [0, 0.1) is 11.8 Å². The molecule has 2 saturated carbocycles. The van der Waals surface area contributed by atoms with Gasteiger partial charge in [-0.3, -0.25) is 9.48 Å². The van der Waals surface area contributed by atoms with E-state index in [2.05, 4.69) is 10.4 Å². The summed E-state index contributed by atoms with van der Waals surface area (Å²) in [6, 6.07) is 7.97. The van der Waals surface area contributed by atoms with Gasteiger partial charge in [-0.1, -0.05) is 18.2 Å². The van der Waals surface area contributed by atoms with E-state index in [0.717, 1.165) is 35.8 Å². The number of hydrogen-bond acceptors (Lipinski definition) is 3. The van der Waals surface area contributed by atoms with Crippen LogP contribution in [0.1, 0.15) is 36.3 Å². The average Bonchev–Trinajstić information content (AvgIpc) is 3.50. The third kappa shape index (κ3) is 3.45. The molecule has 0 radical (unpaired) electrons. The van der Waals surface area contributed by atoms with Crippen LogP contribution in [0.15, 0.2) is 36.7 Å². The van der Waals surface area contributed by atoms with E-state index in [0.29, 0.717) is 12.5 Å². The lowest BCUT2D eigenvalue weighted by Gasteiger charge is -2.12. The molecule has 24 heavy (non-hydrogen) atoms. The molecule has 2 aromatic rings. The summed E-state index contributed by atoms with van der Waals surface area (Å²) in [5.41, 5.74) is 2.20. The third-order valence-corrected chi connectivity index (χ3v) is 4.88. The van der Waals surface area contributed by atoms with Gasteiger partial charge in [0.05, 0.1) is 12.8 Å². The summed E-state index contributed by atoms with van der Waals surface area (Å²) in [4.78, 5) is 12.4. The molecule has 126 valence electrons. The van der Waals surface area contributed by atoms with E-state index in [4.69, 9.17) is 4.74 Å². The van der Waals surface area contributed by atoms with Crippen LogP contribution in [0.2, 0.25) is 0 Å². The van der Waals surface area contributed by atoms with Crippen molar-refractivity contribution in [2.45, 2.75) is 31.7 Å². The molecular weight excluding hydrogens is 302 g/mol. The van der Waals surface area contributed by atoms with Crippen LogP contribution in [-0.2, 0) is 18.4 Å². The van der Waals surface area contributed by atoms with Gasteiger partial charge < -0.3 is 10.1 Å². The predicted octanol–water partition coefficient (Wildman–Crippen LogP) is 2.63. The van der Waals surface area contributed by atoms with Crippen LogP contribution in [0.3, 0.4) is 0 Å². The summed E-state index contributed by atoms with van der Waals surface area (Å²) in [5, 5.41) is 7.25. The quantitative estimate of drug-likeness (QED) is 0.851. The smallest absolute Gasteiger partial charge is 0.224 e. The lowest BCUT2D eigenvalue weighted by molar-refractivity contribution is -0.122. The Hall–Kier alpha value is -2.30. The minimum atomic E-state index is 0.0775. The summed E-state index contributed by atoms with van der Waals surface area (Å²) < 4.78 is 7.69. The van der Waals surface area contributed by atoms with E-state index < -0.39 is 0 Å². The number of aryl methyl sites for hydroxylation is 1. The highest BCUT2D eigenvalue weighted by atomic mass is 16.5. The molecule has 2 unspecified atom stereocenters. The highest BCUT2D eigenvalue weighted by molar-refractivity contribution is 5.82. The Balaban J connectivity index is 1.31. The Kier molecular flexibility index (Phi) is 4.00. The van der Waals surface area contributed by atoms with Gasteiger partial charge in [-0.15, -0.1) is 0 Å². The van der Waals surface area contributed by atoms with E-state index in [9.17, 15) is 4.79 Å². The number of nitrogens with zero attached hydrogens (tertiary/aromatic N) is 2. The van der Waals surface area contributed by atoms with Gasteiger partial charge in [-0.05, 0) is 42.7 Å². The Labute approximate surface area is 142 Å². The Morgan fingerprint density at radius 3 is 2.96 bits per heavy atom. The number of rotatable bonds is 7. The number of benzene rings is 1. The molecule has 2 fully saturated rings. The topological polar surface area (TPSA) is 56.2 Å². The Morgan fingerprint density at radius 1 is 1.38 bits per heavy atom. The second-order valence-electron chi connectivity index (χ2n) is 6.98. The van der Waals surface area contributed by atoms with Gasteiger partial charge in [0.25, 0.3) is 0 Å². The maximum absolute atomic E-state index is 12.4. The second kappa shape index (κ2) is 6.30. The fourth-order valence-electron chi connectivity index (χ4n) is 3.08. The van der Waals surface area contributed by atoms with Gasteiger partial charge in [0.2, 0.25) is 5.91 Å². The van der Waals surface area contributed by atoms with Crippen LogP contribution in [0.25, 0.3) is 0 Å². The minimum absolute atomic E-state index is 0.0775. The van der Waals surface area contributed by atoms with Crippen molar-refractivity contribution in [1.82, 2.24) is 15.1 Å². The van der Waals surface area contributed by atoms with Crippen LogP contribution < -0.4 is 10.1 Å². The van der Waals surface area contributed by atoms with E-state index in [-0.39, 0.29) is 11.8 Å². The fraction of sp³-hybridized carbons (Fsp3) is 0.474.